The van der Waals surface area contributed by atoms with Gasteiger partial charge in [0.15, 0.2) is 0 Å². The van der Waals surface area contributed by atoms with E-state index in [4.69, 9.17) is 4.74 Å². The molecular weight excluding hydrogens is 292 g/mol. The van der Waals surface area contributed by atoms with Crippen molar-refractivity contribution in [3.05, 3.63) is 23.9 Å². The van der Waals surface area contributed by atoms with Gasteiger partial charge in [-0.25, -0.2) is 9.78 Å². The Labute approximate surface area is 137 Å². The van der Waals surface area contributed by atoms with Crippen LogP contribution >= 0.6 is 0 Å². The predicted octanol–water partition coefficient (Wildman–Crippen LogP) is 2.00. The highest BCUT2D eigenvalue weighted by Gasteiger charge is 2.21. The number of urea groups is 1. The summed E-state index contributed by atoms with van der Waals surface area (Å²) in [5.74, 6) is 1.02. The van der Waals surface area contributed by atoms with Crippen molar-refractivity contribution in [2.75, 3.05) is 37.7 Å². The first kappa shape index (κ1) is 16.1. The van der Waals surface area contributed by atoms with E-state index in [0.29, 0.717) is 26.2 Å². The van der Waals surface area contributed by atoms with Crippen molar-refractivity contribution in [1.82, 2.24) is 15.2 Å². The normalized spacial score (nSPS) is 22.0. The van der Waals surface area contributed by atoms with E-state index in [-0.39, 0.29) is 12.1 Å². The molecule has 3 heterocycles. The molecule has 3 rings (SSSR count). The number of amides is 2. The number of rotatable bonds is 3. The Morgan fingerprint density at radius 3 is 2.96 bits per heavy atom. The summed E-state index contributed by atoms with van der Waals surface area (Å²) in [5, 5.41) is 3.00. The van der Waals surface area contributed by atoms with Gasteiger partial charge in [0.2, 0.25) is 0 Å². The lowest BCUT2D eigenvalue weighted by atomic mass is 10.1. The van der Waals surface area contributed by atoms with Gasteiger partial charge < -0.3 is 19.9 Å². The Kier molecular flexibility index (Phi) is 5.33. The summed E-state index contributed by atoms with van der Waals surface area (Å²) in [7, 11) is 0. The van der Waals surface area contributed by atoms with Crippen LogP contribution in [0.4, 0.5) is 10.6 Å². The molecule has 2 aliphatic rings. The SMILES string of the molecule is C[C@@H]1CN(C(=O)NCc2ccnc(N3CCCCC3)c2)CCO1. The van der Waals surface area contributed by atoms with Gasteiger partial charge in [0.1, 0.15) is 5.82 Å². The van der Waals surface area contributed by atoms with Crippen LogP contribution < -0.4 is 10.2 Å². The van der Waals surface area contributed by atoms with Gasteiger partial charge in [-0.05, 0) is 43.9 Å². The van der Waals surface area contributed by atoms with E-state index in [1.807, 2.05) is 24.1 Å². The first-order valence-electron chi connectivity index (χ1n) is 8.56. The molecule has 1 aromatic heterocycles. The summed E-state index contributed by atoms with van der Waals surface area (Å²) in [4.78, 5) is 20.9. The van der Waals surface area contributed by atoms with E-state index in [2.05, 4.69) is 21.3 Å². The van der Waals surface area contributed by atoms with Crippen LogP contribution in [-0.4, -0.2) is 54.8 Å². The Balaban J connectivity index is 1.54. The van der Waals surface area contributed by atoms with Gasteiger partial charge in [-0.3, -0.25) is 0 Å². The Morgan fingerprint density at radius 2 is 2.17 bits per heavy atom. The van der Waals surface area contributed by atoms with Crippen LogP contribution in [-0.2, 0) is 11.3 Å². The molecule has 0 radical (unpaired) electrons. The van der Waals surface area contributed by atoms with Crippen LogP contribution in [0.25, 0.3) is 0 Å². The van der Waals surface area contributed by atoms with E-state index in [9.17, 15) is 4.79 Å². The van der Waals surface area contributed by atoms with Gasteiger partial charge in [0, 0.05) is 38.9 Å². The number of carbonyl (C=O) groups is 1. The van der Waals surface area contributed by atoms with E-state index in [1.165, 1.54) is 19.3 Å². The van der Waals surface area contributed by atoms with Crippen LogP contribution in [0.2, 0.25) is 0 Å². The summed E-state index contributed by atoms with van der Waals surface area (Å²) in [6.45, 7) is 6.61. The fraction of sp³-hybridized carbons (Fsp3) is 0.647. The second-order valence-electron chi connectivity index (χ2n) is 6.36. The number of aromatic nitrogens is 1. The van der Waals surface area contributed by atoms with Crippen molar-refractivity contribution >= 4 is 11.8 Å². The van der Waals surface area contributed by atoms with Crippen molar-refractivity contribution in [3.63, 3.8) is 0 Å². The number of nitrogens with one attached hydrogen (secondary N) is 1. The molecule has 1 aromatic rings. The smallest absolute Gasteiger partial charge is 0.317 e. The van der Waals surface area contributed by atoms with Gasteiger partial charge in [-0.2, -0.15) is 0 Å². The van der Waals surface area contributed by atoms with E-state index < -0.39 is 0 Å². The standard InChI is InChI=1S/C17H26N4O2/c1-14-13-21(9-10-23-14)17(22)19-12-15-5-6-18-16(11-15)20-7-3-2-4-8-20/h5-6,11,14H,2-4,7-10,12-13H2,1H3,(H,19,22)/t14-/m1/s1. The number of nitrogens with zero attached hydrogens (tertiary/aromatic N) is 3. The predicted molar refractivity (Wildman–Crippen MR) is 89.5 cm³/mol. The zero-order chi connectivity index (χ0) is 16.1. The maximum atomic E-state index is 12.2. The fourth-order valence-electron chi connectivity index (χ4n) is 3.16. The molecule has 126 valence electrons. The summed E-state index contributed by atoms with van der Waals surface area (Å²) in [6.07, 6.45) is 5.73. The van der Waals surface area contributed by atoms with Gasteiger partial charge in [-0.1, -0.05) is 0 Å². The van der Waals surface area contributed by atoms with Crippen LogP contribution in [0.5, 0.6) is 0 Å². The highest BCUT2D eigenvalue weighted by molar-refractivity contribution is 5.74. The molecule has 0 spiro atoms. The van der Waals surface area contributed by atoms with Crippen molar-refractivity contribution in [2.24, 2.45) is 0 Å². The second kappa shape index (κ2) is 7.64. The number of ether oxygens (including phenoxy) is 1. The molecule has 0 saturated carbocycles. The molecule has 0 unspecified atom stereocenters. The van der Waals surface area contributed by atoms with E-state index in [1.54, 1.807) is 0 Å². The molecule has 0 aromatic carbocycles. The van der Waals surface area contributed by atoms with Crippen molar-refractivity contribution in [1.29, 1.82) is 0 Å². The fourth-order valence-corrected chi connectivity index (χ4v) is 3.16. The monoisotopic (exact) mass is 318 g/mol. The molecule has 2 fully saturated rings. The maximum Gasteiger partial charge on any atom is 0.317 e. The molecular formula is C17H26N4O2. The number of anilines is 1. The van der Waals surface area contributed by atoms with E-state index >= 15 is 0 Å². The Morgan fingerprint density at radius 1 is 1.35 bits per heavy atom. The molecule has 1 N–H and O–H groups in total. The molecule has 0 bridgehead atoms. The molecule has 2 amide bonds. The third kappa shape index (κ3) is 4.34. The average molecular weight is 318 g/mol. The average Bonchev–Trinajstić information content (AvgIpc) is 2.61. The largest absolute Gasteiger partial charge is 0.375 e. The quantitative estimate of drug-likeness (QED) is 0.926. The molecule has 0 aliphatic carbocycles. The van der Waals surface area contributed by atoms with Gasteiger partial charge in [0.25, 0.3) is 0 Å². The first-order chi connectivity index (χ1) is 11.2. The molecule has 2 aliphatic heterocycles. The lowest BCUT2D eigenvalue weighted by Crippen LogP contribution is -2.48. The zero-order valence-corrected chi connectivity index (χ0v) is 13.8. The Bertz CT molecular complexity index is 531. The second-order valence-corrected chi connectivity index (χ2v) is 6.36. The minimum absolute atomic E-state index is 0.0171. The maximum absolute atomic E-state index is 12.2. The van der Waals surface area contributed by atoms with Crippen LogP contribution in [0.1, 0.15) is 31.7 Å². The summed E-state index contributed by atoms with van der Waals surface area (Å²) in [6, 6.07) is 4.04. The first-order valence-corrected chi connectivity index (χ1v) is 8.56. The molecule has 23 heavy (non-hydrogen) atoms. The van der Waals surface area contributed by atoms with Crippen LogP contribution in [0.3, 0.4) is 0 Å². The zero-order valence-electron chi connectivity index (χ0n) is 13.8. The Hall–Kier alpha value is -1.82. The third-order valence-electron chi connectivity index (χ3n) is 4.46. The molecule has 2 saturated heterocycles. The minimum Gasteiger partial charge on any atom is -0.375 e. The number of morpholine rings is 1. The van der Waals surface area contributed by atoms with Crippen molar-refractivity contribution in [3.8, 4) is 0 Å². The highest BCUT2D eigenvalue weighted by Crippen LogP contribution is 2.18. The lowest BCUT2D eigenvalue weighted by Gasteiger charge is -2.31. The highest BCUT2D eigenvalue weighted by atomic mass is 16.5. The molecule has 6 heteroatoms. The topological polar surface area (TPSA) is 57.7 Å². The molecule has 1 atom stereocenters. The van der Waals surface area contributed by atoms with Gasteiger partial charge >= 0.3 is 6.03 Å². The number of piperidine rings is 1. The van der Waals surface area contributed by atoms with Gasteiger partial charge in [-0.15, -0.1) is 0 Å². The number of pyridine rings is 1. The number of hydrogen-bond donors (Lipinski definition) is 1. The van der Waals surface area contributed by atoms with E-state index in [0.717, 1.165) is 24.5 Å². The summed E-state index contributed by atoms with van der Waals surface area (Å²) >= 11 is 0. The molecule has 6 nitrogen and oxygen atoms in total. The van der Waals surface area contributed by atoms with Crippen molar-refractivity contribution < 1.29 is 9.53 Å². The van der Waals surface area contributed by atoms with Crippen LogP contribution in [0.15, 0.2) is 18.3 Å². The van der Waals surface area contributed by atoms with Crippen LogP contribution in [0, 0.1) is 0 Å². The minimum atomic E-state index is -0.0171. The lowest BCUT2D eigenvalue weighted by molar-refractivity contribution is -0.00351. The van der Waals surface area contributed by atoms with Gasteiger partial charge in [0.05, 0.1) is 12.7 Å². The number of carbonyl (C=O) groups excluding carboxylic acids is 1. The van der Waals surface area contributed by atoms with Crippen molar-refractivity contribution in [2.45, 2.75) is 38.8 Å². The summed E-state index contributed by atoms with van der Waals surface area (Å²) < 4.78 is 5.47. The summed E-state index contributed by atoms with van der Waals surface area (Å²) in [5.41, 5.74) is 1.09. The third-order valence-corrected chi connectivity index (χ3v) is 4.46. The number of hydrogen-bond acceptors (Lipinski definition) is 4.